The fourth-order valence-corrected chi connectivity index (χ4v) is 1.45. The van der Waals surface area contributed by atoms with Crippen molar-refractivity contribution < 1.29 is 9.90 Å². The highest BCUT2D eigenvalue weighted by Crippen LogP contribution is 2.13. The van der Waals surface area contributed by atoms with Gasteiger partial charge < -0.3 is 5.11 Å². The van der Waals surface area contributed by atoms with Gasteiger partial charge in [-0.1, -0.05) is 0 Å². The molecule has 4 nitrogen and oxygen atoms in total. The van der Waals surface area contributed by atoms with Gasteiger partial charge in [0.25, 0.3) is 0 Å². The molecule has 1 heterocycles. The van der Waals surface area contributed by atoms with Gasteiger partial charge in [-0.3, -0.25) is 10.1 Å². The van der Waals surface area contributed by atoms with E-state index in [-0.39, 0.29) is 12.6 Å². The maximum atomic E-state index is 10.2. The molecule has 1 unspecified atom stereocenters. The van der Waals surface area contributed by atoms with Crippen LogP contribution in [-0.4, -0.2) is 22.6 Å². The van der Waals surface area contributed by atoms with Gasteiger partial charge >= 0.3 is 5.97 Å². The van der Waals surface area contributed by atoms with E-state index in [1.807, 2.05) is 12.3 Å². The summed E-state index contributed by atoms with van der Waals surface area (Å²) in [6.07, 6.45) is 1.71. The molecule has 5 heteroatoms. The van der Waals surface area contributed by atoms with Crippen molar-refractivity contribution in [3.63, 3.8) is 0 Å². The first-order valence-electron chi connectivity index (χ1n) is 3.54. The highest BCUT2D eigenvalue weighted by atomic mass is 32.1. The molecule has 66 valence electrons. The summed E-state index contributed by atoms with van der Waals surface area (Å²) in [4.78, 5) is 14.3. The molecule has 0 radical (unpaired) electrons. The Morgan fingerprint density at radius 1 is 1.92 bits per heavy atom. The highest BCUT2D eigenvalue weighted by Gasteiger charge is 2.07. The summed E-state index contributed by atoms with van der Waals surface area (Å²) >= 11 is 1.52. The zero-order chi connectivity index (χ0) is 8.97. The molecule has 1 aromatic rings. The SMILES string of the molecule is CC(NCC(=O)O)c1nccs1. The minimum atomic E-state index is -0.849. The number of nitrogens with one attached hydrogen (secondary N) is 1. The normalized spacial score (nSPS) is 12.8. The Hall–Kier alpha value is -0.940. The number of thiazole rings is 1. The molecular formula is C7H10N2O2S. The summed E-state index contributed by atoms with van der Waals surface area (Å²) in [5.41, 5.74) is 0. The number of carbonyl (C=O) groups is 1. The number of rotatable bonds is 4. The first kappa shape index (κ1) is 9.15. The van der Waals surface area contributed by atoms with Crippen LogP contribution in [0.1, 0.15) is 18.0 Å². The zero-order valence-corrected chi connectivity index (χ0v) is 7.47. The van der Waals surface area contributed by atoms with Crippen LogP contribution in [0.5, 0.6) is 0 Å². The van der Waals surface area contributed by atoms with Gasteiger partial charge in [-0.05, 0) is 6.92 Å². The second kappa shape index (κ2) is 4.18. The Labute approximate surface area is 74.3 Å². The van der Waals surface area contributed by atoms with Gasteiger partial charge in [-0.2, -0.15) is 0 Å². The summed E-state index contributed by atoms with van der Waals surface area (Å²) in [6, 6.07) is 0.0149. The number of aromatic nitrogens is 1. The molecule has 1 rings (SSSR count). The van der Waals surface area contributed by atoms with E-state index < -0.39 is 5.97 Å². The van der Waals surface area contributed by atoms with E-state index in [0.29, 0.717) is 0 Å². The molecule has 0 aliphatic rings. The quantitative estimate of drug-likeness (QED) is 0.732. The molecule has 1 aromatic heterocycles. The first-order chi connectivity index (χ1) is 5.70. The minimum absolute atomic E-state index is 0.0149. The van der Waals surface area contributed by atoms with Crippen molar-refractivity contribution in [1.82, 2.24) is 10.3 Å². The lowest BCUT2D eigenvalue weighted by Crippen LogP contribution is -2.25. The third-order valence-corrected chi connectivity index (χ3v) is 2.34. The largest absolute Gasteiger partial charge is 0.480 e. The summed E-state index contributed by atoms with van der Waals surface area (Å²) in [7, 11) is 0. The molecule has 0 spiro atoms. The maximum Gasteiger partial charge on any atom is 0.317 e. The Balaban J connectivity index is 2.39. The Kier molecular flexibility index (Phi) is 3.19. The molecule has 0 aliphatic heterocycles. The summed E-state index contributed by atoms with van der Waals surface area (Å²) in [6.45, 7) is 1.86. The summed E-state index contributed by atoms with van der Waals surface area (Å²) in [5.74, 6) is -0.849. The van der Waals surface area contributed by atoms with E-state index in [1.165, 1.54) is 11.3 Å². The third-order valence-electron chi connectivity index (χ3n) is 1.38. The van der Waals surface area contributed by atoms with E-state index in [2.05, 4.69) is 10.3 Å². The van der Waals surface area contributed by atoms with Gasteiger partial charge in [0.15, 0.2) is 0 Å². The smallest absolute Gasteiger partial charge is 0.317 e. The molecule has 0 aromatic carbocycles. The van der Waals surface area contributed by atoms with Crippen LogP contribution in [0.3, 0.4) is 0 Å². The molecular weight excluding hydrogens is 176 g/mol. The highest BCUT2D eigenvalue weighted by molar-refractivity contribution is 7.09. The lowest BCUT2D eigenvalue weighted by Gasteiger charge is -2.07. The lowest BCUT2D eigenvalue weighted by atomic mass is 10.3. The van der Waals surface area contributed by atoms with Crippen LogP contribution >= 0.6 is 11.3 Å². The predicted molar refractivity (Wildman–Crippen MR) is 46.2 cm³/mol. The van der Waals surface area contributed by atoms with Gasteiger partial charge in [0.1, 0.15) is 5.01 Å². The average Bonchev–Trinajstić information content (AvgIpc) is 2.51. The van der Waals surface area contributed by atoms with Crippen molar-refractivity contribution in [1.29, 1.82) is 0 Å². The topological polar surface area (TPSA) is 62.2 Å². The van der Waals surface area contributed by atoms with Gasteiger partial charge in [0, 0.05) is 11.6 Å². The molecule has 0 aliphatic carbocycles. The Bertz CT molecular complexity index is 248. The molecule has 2 N–H and O–H groups in total. The lowest BCUT2D eigenvalue weighted by molar-refractivity contribution is -0.136. The third kappa shape index (κ3) is 2.60. The minimum Gasteiger partial charge on any atom is -0.480 e. The van der Waals surface area contributed by atoms with Crippen molar-refractivity contribution in [2.24, 2.45) is 0 Å². The van der Waals surface area contributed by atoms with Gasteiger partial charge in [0.2, 0.25) is 0 Å². The molecule has 0 saturated heterocycles. The van der Waals surface area contributed by atoms with Crippen molar-refractivity contribution in [2.75, 3.05) is 6.54 Å². The fraction of sp³-hybridized carbons (Fsp3) is 0.429. The van der Waals surface area contributed by atoms with E-state index in [9.17, 15) is 4.79 Å². The fourth-order valence-electron chi connectivity index (χ4n) is 0.776. The molecule has 0 saturated carbocycles. The van der Waals surface area contributed by atoms with Crippen LogP contribution < -0.4 is 5.32 Å². The van der Waals surface area contributed by atoms with Crippen LogP contribution in [0.15, 0.2) is 11.6 Å². The molecule has 1 atom stereocenters. The van der Waals surface area contributed by atoms with Crippen LogP contribution in [-0.2, 0) is 4.79 Å². The standard InChI is InChI=1S/C7H10N2O2S/c1-5(9-4-6(10)11)7-8-2-3-12-7/h2-3,5,9H,4H2,1H3,(H,10,11). The number of nitrogens with zero attached hydrogens (tertiary/aromatic N) is 1. The van der Waals surface area contributed by atoms with Crippen molar-refractivity contribution in [2.45, 2.75) is 13.0 Å². The number of hydrogen-bond acceptors (Lipinski definition) is 4. The van der Waals surface area contributed by atoms with Crippen molar-refractivity contribution in [3.05, 3.63) is 16.6 Å². The molecule has 12 heavy (non-hydrogen) atoms. The number of carboxylic acid groups (broad SMARTS) is 1. The number of aliphatic carboxylic acids is 1. The van der Waals surface area contributed by atoms with Gasteiger partial charge in [-0.15, -0.1) is 11.3 Å². The van der Waals surface area contributed by atoms with Crippen LogP contribution in [0.25, 0.3) is 0 Å². The Morgan fingerprint density at radius 2 is 2.67 bits per heavy atom. The van der Waals surface area contributed by atoms with Gasteiger partial charge in [-0.25, -0.2) is 4.98 Å². The zero-order valence-electron chi connectivity index (χ0n) is 6.65. The second-order valence-corrected chi connectivity index (χ2v) is 3.29. The van der Waals surface area contributed by atoms with Crippen LogP contribution in [0, 0.1) is 0 Å². The number of hydrogen-bond donors (Lipinski definition) is 2. The second-order valence-electron chi connectivity index (χ2n) is 2.37. The average molecular weight is 186 g/mol. The monoisotopic (exact) mass is 186 g/mol. The molecule has 0 bridgehead atoms. The van der Waals surface area contributed by atoms with E-state index >= 15 is 0 Å². The van der Waals surface area contributed by atoms with E-state index in [0.717, 1.165) is 5.01 Å². The van der Waals surface area contributed by atoms with Crippen molar-refractivity contribution in [3.8, 4) is 0 Å². The maximum absolute atomic E-state index is 10.2. The van der Waals surface area contributed by atoms with Gasteiger partial charge in [0.05, 0.1) is 12.6 Å². The summed E-state index contributed by atoms with van der Waals surface area (Å²) < 4.78 is 0. The van der Waals surface area contributed by atoms with Crippen LogP contribution in [0.2, 0.25) is 0 Å². The van der Waals surface area contributed by atoms with Crippen LogP contribution in [0.4, 0.5) is 0 Å². The summed E-state index contributed by atoms with van der Waals surface area (Å²) in [5, 5.41) is 14.0. The molecule has 0 amide bonds. The Morgan fingerprint density at radius 3 is 3.17 bits per heavy atom. The molecule has 0 fully saturated rings. The van der Waals surface area contributed by atoms with E-state index in [1.54, 1.807) is 6.20 Å². The van der Waals surface area contributed by atoms with Crippen molar-refractivity contribution >= 4 is 17.3 Å². The van der Waals surface area contributed by atoms with E-state index in [4.69, 9.17) is 5.11 Å². The predicted octanol–water partition coefficient (Wildman–Crippen LogP) is 0.878. The number of carboxylic acids is 1. The first-order valence-corrected chi connectivity index (χ1v) is 4.42.